The Morgan fingerprint density at radius 1 is 1.47 bits per heavy atom. The Morgan fingerprint density at radius 2 is 2.26 bits per heavy atom. The van der Waals surface area contributed by atoms with Crippen molar-refractivity contribution in [1.82, 2.24) is 5.43 Å². The zero-order valence-corrected chi connectivity index (χ0v) is 11.0. The molecule has 0 aliphatic heterocycles. The molecule has 0 saturated heterocycles. The average molecular weight is 266 g/mol. The molecule has 0 aliphatic rings. The van der Waals surface area contributed by atoms with Crippen LogP contribution in [0.2, 0.25) is 0 Å². The number of carbonyl (C=O) groups is 1. The third-order valence-corrected chi connectivity index (χ3v) is 2.11. The van der Waals surface area contributed by atoms with E-state index in [1.807, 2.05) is 6.92 Å². The SMILES string of the molecule is CCCOc1ccc(/C=N/NC(=O)OCC)c(O)c1. The molecule has 104 valence electrons. The lowest BCUT2D eigenvalue weighted by Crippen LogP contribution is -2.18. The molecule has 0 spiro atoms. The third kappa shape index (κ3) is 5.29. The van der Waals surface area contributed by atoms with Gasteiger partial charge in [0.1, 0.15) is 11.5 Å². The Kier molecular flexibility index (Phi) is 6.21. The number of phenols is 1. The van der Waals surface area contributed by atoms with Gasteiger partial charge in [0.15, 0.2) is 0 Å². The van der Waals surface area contributed by atoms with Gasteiger partial charge in [-0.2, -0.15) is 5.10 Å². The van der Waals surface area contributed by atoms with Crippen LogP contribution < -0.4 is 10.2 Å². The number of phenolic OH excluding ortho intramolecular Hbond substituents is 1. The first kappa shape index (κ1) is 14.8. The summed E-state index contributed by atoms with van der Waals surface area (Å²) in [6.07, 6.45) is 1.59. The Labute approximate surface area is 112 Å². The summed E-state index contributed by atoms with van der Waals surface area (Å²) in [4.78, 5) is 11.0. The zero-order chi connectivity index (χ0) is 14.1. The standard InChI is InChI=1S/C13H18N2O4/c1-3-7-19-11-6-5-10(12(16)8-11)9-14-15-13(17)18-4-2/h5-6,8-9,16H,3-4,7H2,1-2H3,(H,15,17)/b14-9+. The highest BCUT2D eigenvalue weighted by Gasteiger charge is 2.02. The predicted octanol–water partition coefficient (Wildman–Crippen LogP) is 2.26. The van der Waals surface area contributed by atoms with Crippen LogP contribution in [0.25, 0.3) is 0 Å². The summed E-state index contributed by atoms with van der Waals surface area (Å²) in [6, 6.07) is 4.87. The number of rotatable bonds is 6. The van der Waals surface area contributed by atoms with Crippen LogP contribution in [-0.2, 0) is 4.74 Å². The van der Waals surface area contributed by atoms with Crippen molar-refractivity contribution in [3.63, 3.8) is 0 Å². The topological polar surface area (TPSA) is 80.2 Å². The molecule has 6 heteroatoms. The Morgan fingerprint density at radius 3 is 2.89 bits per heavy atom. The van der Waals surface area contributed by atoms with Crippen molar-refractivity contribution in [1.29, 1.82) is 0 Å². The number of aromatic hydroxyl groups is 1. The van der Waals surface area contributed by atoms with Crippen LogP contribution >= 0.6 is 0 Å². The molecule has 0 fully saturated rings. The van der Waals surface area contributed by atoms with Gasteiger partial charge in [-0.25, -0.2) is 10.2 Å². The van der Waals surface area contributed by atoms with Gasteiger partial charge in [-0.3, -0.25) is 0 Å². The highest BCUT2D eigenvalue weighted by Crippen LogP contribution is 2.22. The van der Waals surface area contributed by atoms with Gasteiger partial charge >= 0.3 is 6.09 Å². The van der Waals surface area contributed by atoms with E-state index in [9.17, 15) is 9.90 Å². The monoisotopic (exact) mass is 266 g/mol. The van der Waals surface area contributed by atoms with Gasteiger partial charge in [0.05, 0.1) is 19.4 Å². The van der Waals surface area contributed by atoms with Crippen LogP contribution in [0.15, 0.2) is 23.3 Å². The summed E-state index contributed by atoms with van der Waals surface area (Å²) in [5, 5.41) is 13.4. The smallest absolute Gasteiger partial charge is 0.427 e. The van der Waals surface area contributed by atoms with E-state index >= 15 is 0 Å². The number of amides is 1. The first-order valence-electron chi connectivity index (χ1n) is 6.09. The Bertz CT molecular complexity index is 446. The van der Waals surface area contributed by atoms with Crippen LogP contribution in [0.3, 0.4) is 0 Å². The molecule has 0 heterocycles. The molecule has 0 saturated carbocycles. The van der Waals surface area contributed by atoms with E-state index in [1.54, 1.807) is 19.1 Å². The van der Waals surface area contributed by atoms with E-state index in [4.69, 9.17) is 4.74 Å². The number of carbonyl (C=O) groups excluding carboxylic acids is 1. The fourth-order valence-electron chi connectivity index (χ4n) is 1.26. The normalized spacial score (nSPS) is 10.4. The predicted molar refractivity (Wildman–Crippen MR) is 71.6 cm³/mol. The third-order valence-electron chi connectivity index (χ3n) is 2.11. The van der Waals surface area contributed by atoms with Gasteiger partial charge in [0, 0.05) is 11.6 Å². The van der Waals surface area contributed by atoms with E-state index < -0.39 is 6.09 Å². The van der Waals surface area contributed by atoms with Crippen LogP contribution in [0.5, 0.6) is 11.5 Å². The molecule has 1 rings (SSSR count). The second-order valence-electron chi connectivity index (χ2n) is 3.66. The number of benzene rings is 1. The number of nitrogens with zero attached hydrogens (tertiary/aromatic N) is 1. The van der Waals surface area contributed by atoms with Crippen LogP contribution in [0.1, 0.15) is 25.8 Å². The molecule has 6 nitrogen and oxygen atoms in total. The summed E-state index contributed by atoms with van der Waals surface area (Å²) in [5.41, 5.74) is 2.65. The summed E-state index contributed by atoms with van der Waals surface area (Å²) < 4.78 is 10.00. The number of nitrogens with one attached hydrogen (secondary N) is 1. The van der Waals surface area contributed by atoms with Crippen molar-refractivity contribution < 1.29 is 19.4 Å². The molecule has 0 atom stereocenters. The van der Waals surface area contributed by atoms with Gasteiger partial charge in [-0.05, 0) is 25.5 Å². The average Bonchev–Trinajstić information content (AvgIpc) is 2.39. The number of ether oxygens (including phenoxy) is 2. The van der Waals surface area contributed by atoms with Gasteiger partial charge in [0.2, 0.25) is 0 Å². The molecule has 0 radical (unpaired) electrons. The van der Waals surface area contributed by atoms with Crippen molar-refractivity contribution in [2.45, 2.75) is 20.3 Å². The van der Waals surface area contributed by atoms with E-state index in [1.165, 1.54) is 12.3 Å². The van der Waals surface area contributed by atoms with Crippen molar-refractivity contribution in [2.24, 2.45) is 5.10 Å². The Balaban J connectivity index is 2.59. The van der Waals surface area contributed by atoms with Crippen molar-refractivity contribution in [2.75, 3.05) is 13.2 Å². The lowest BCUT2D eigenvalue weighted by atomic mass is 10.2. The lowest BCUT2D eigenvalue weighted by Gasteiger charge is -2.06. The van der Waals surface area contributed by atoms with Gasteiger partial charge in [0.25, 0.3) is 0 Å². The maximum Gasteiger partial charge on any atom is 0.427 e. The number of hydrogen-bond acceptors (Lipinski definition) is 5. The summed E-state index contributed by atoms with van der Waals surface area (Å²) in [7, 11) is 0. The van der Waals surface area contributed by atoms with Crippen molar-refractivity contribution in [3.05, 3.63) is 23.8 Å². The van der Waals surface area contributed by atoms with E-state index in [-0.39, 0.29) is 12.4 Å². The first-order valence-corrected chi connectivity index (χ1v) is 6.09. The molecule has 1 amide bonds. The molecule has 1 aromatic rings. The minimum Gasteiger partial charge on any atom is -0.507 e. The molecule has 0 aliphatic carbocycles. The number of hydrazone groups is 1. The molecule has 0 aromatic heterocycles. The Hall–Kier alpha value is -2.24. The van der Waals surface area contributed by atoms with Gasteiger partial charge < -0.3 is 14.6 Å². The molecule has 0 bridgehead atoms. The lowest BCUT2D eigenvalue weighted by molar-refractivity contribution is 0.152. The van der Waals surface area contributed by atoms with E-state index in [0.29, 0.717) is 17.9 Å². The van der Waals surface area contributed by atoms with Crippen LogP contribution in [0, 0.1) is 0 Å². The molecule has 19 heavy (non-hydrogen) atoms. The van der Waals surface area contributed by atoms with Crippen LogP contribution in [-0.4, -0.2) is 30.6 Å². The first-order chi connectivity index (χ1) is 9.17. The minimum atomic E-state index is -0.638. The molecular weight excluding hydrogens is 248 g/mol. The van der Waals surface area contributed by atoms with E-state index in [0.717, 1.165) is 6.42 Å². The fourth-order valence-corrected chi connectivity index (χ4v) is 1.26. The quantitative estimate of drug-likeness (QED) is 0.611. The highest BCUT2D eigenvalue weighted by atomic mass is 16.5. The maximum atomic E-state index is 11.0. The highest BCUT2D eigenvalue weighted by molar-refractivity contribution is 5.84. The second-order valence-corrected chi connectivity index (χ2v) is 3.66. The molecule has 0 unspecified atom stereocenters. The van der Waals surface area contributed by atoms with Crippen LogP contribution in [0.4, 0.5) is 4.79 Å². The maximum absolute atomic E-state index is 11.0. The van der Waals surface area contributed by atoms with Crippen molar-refractivity contribution in [3.8, 4) is 11.5 Å². The largest absolute Gasteiger partial charge is 0.507 e. The number of hydrogen-bond donors (Lipinski definition) is 2. The van der Waals surface area contributed by atoms with Crippen molar-refractivity contribution >= 4 is 12.3 Å². The van der Waals surface area contributed by atoms with E-state index in [2.05, 4.69) is 15.3 Å². The molecule has 1 aromatic carbocycles. The van der Waals surface area contributed by atoms with Gasteiger partial charge in [-0.15, -0.1) is 0 Å². The summed E-state index contributed by atoms with van der Waals surface area (Å²) in [5.74, 6) is 0.623. The summed E-state index contributed by atoms with van der Waals surface area (Å²) >= 11 is 0. The zero-order valence-electron chi connectivity index (χ0n) is 11.0. The fraction of sp³-hybridized carbons (Fsp3) is 0.385. The molecule has 2 N–H and O–H groups in total. The van der Waals surface area contributed by atoms with Gasteiger partial charge in [-0.1, -0.05) is 6.92 Å². The summed E-state index contributed by atoms with van der Waals surface area (Å²) in [6.45, 7) is 4.57. The minimum absolute atomic E-state index is 0.0306. The second kappa shape index (κ2) is 7.97. The molecular formula is C13H18N2O4.